The van der Waals surface area contributed by atoms with Gasteiger partial charge in [0.25, 0.3) is 5.91 Å². The molecule has 0 fully saturated rings. The Balaban J connectivity index is 2.00. The number of carbonyl (C=O) groups is 1. The minimum absolute atomic E-state index is 0.141. The largest absolute Gasteiger partial charge is 0.493 e. The minimum atomic E-state index is -0.141. The molecule has 0 saturated heterocycles. The molecule has 3 rings (SSSR count). The van der Waals surface area contributed by atoms with Crippen LogP contribution in [0.25, 0.3) is 6.08 Å². The van der Waals surface area contributed by atoms with Crippen LogP contribution in [0, 0.1) is 6.92 Å². The molecule has 0 radical (unpaired) electrons. The van der Waals surface area contributed by atoms with Crippen LogP contribution in [0.5, 0.6) is 11.5 Å². The molecule has 0 N–H and O–H groups in total. The molecule has 1 aliphatic rings. The Hall–Kier alpha value is -3.08. The predicted molar refractivity (Wildman–Crippen MR) is 99.3 cm³/mol. The van der Waals surface area contributed by atoms with E-state index in [1.54, 1.807) is 14.2 Å². The fourth-order valence-electron chi connectivity index (χ4n) is 2.74. The van der Waals surface area contributed by atoms with Gasteiger partial charge in [-0.15, -0.1) is 0 Å². The summed E-state index contributed by atoms with van der Waals surface area (Å²) in [7, 11) is 3.19. The van der Waals surface area contributed by atoms with Crippen LogP contribution in [0.15, 0.2) is 53.1 Å². The predicted octanol–water partition coefficient (Wildman–Crippen LogP) is 3.82. The molecule has 0 aromatic heterocycles. The number of hydrogen-bond donors (Lipinski definition) is 0. The van der Waals surface area contributed by atoms with E-state index in [2.05, 4.69) is 5.10 Å². The Morgan fingerprint density at radius 2 is 1.64 bits per heavy atom. The van der Waals surface area contributed by atoms with Crippen LogP contribution in [0.2, 0.25) is 0 Å². The third kappa shape index (κ3) is 3.13. The van der Waals surface area contributed by atoms with Crippen LogP contribution in [-0.4, -0.2) is 25.8 Å². The molecule has 25 heavy (non-hydrogen) atoms. The highest BCUT2D eigenvalue weighted by molar-refractivity contribution is 6.32. The van der Waals surface area contributed by atoms with Crippen molar-refractivity contribution in [2.45, 2.75) is 13.8 Å². The highest BCUT2D eigenvalue weighted by Gasteiger charge is 2.28. The van der Waals surface area contributed by atoms with Crippen LogP contribution in [-0.2, 0) is 4.79 Å². The molecule has 5 heteroatoms. The molecular formula is C20H20N2O3. The Labute approximate surface area is 147 Å². The van der Waals surface area contributed by atoms with E-state index in [-0.39, 0.29) is 5.91 Å². The highest BCUT2D eigenvalue weighted by atomic mass is 16.5. The summed E-state index contributed by atoms with van der Waals surface area (Å²) >= 11 is 0. The molecule has 0 atom stereocenters. The van der Waals surface area contributed by atoms with E-state index < -0.39 is 0 Å². The van der Waals surface area contributed by atoms with Gasteiger partial charge in [-0.2, -0.15) is 10.1 Å². The van der Waals surface area contributed by atoms with Crippen LogP contribution >= 0.6 is 0 Å². The number of hydrazone groups is 1. The van der Waals surface area contributed by atoms with Crippen molar-refractivity contribution in [2.24, 2.45) is 5.10 Å². The summed E-state index contributed by atoms with van der Waals surface area (Å²) in [5.74, 6) is 1.15. The lowest BCUT2D eigenvalue weighted by atomic mass is 10.0. The second-order valence-corrected chi connectivity index (χ2v) is 5.76. The monoisotopic (exact) mass is 336 g/mol. The number of hydrogen-bond acceptors (Lipinski definition) is 4. The van der Waals surface area contributed by atoms with Crippen molar-refractivity contribution < 1.29 is 14.3 Å². The zero-order chi connectivity index (χ0) is 18.0. The van der Waals surface area contributed by atoms with Crippen molar-refractivity contribution in [3.05, 3.63) is 59.2 Å². The summed E-state index contributed by atoms with van der Waals surface area (Å²) in [6, 6.07) is 13.2. The van der Waals surface area contributed by atoms with Gasteiger partial charge < -0.3 is 9.47 Å². The summed E-state index contributed by atoms with van der Waals surface area (Å²) in [4.78, 5) is 12.8. The molecule has 1 aliphatic heterocycles. The molecule has 0 spiro atoms. The molecule has 0 saturated carbocycles. The molecule has 2 aromatic carbocycles. The van der Waals surface area contributed by atoms with Gasteiger partial charge in [-0.05, 0) is 55.3 Å². The third-order valence-electron chi connectivity index (χ3n) is 4.14. The van der Waals surface area contributed by atoms with Crippen molar-refractivity contribution in [3.8, 4) is 11.5 Å². The van der Waals surface area contributed by atoms with Crippen molar-refractivity contribution in [2.75, 3.05) is 19.2 Å². The molecule has 0 aliphatic carbocycles. The molecule has 128 valence electrons. The molecule has 0 unspecified atom stereocenters. The number of amides is 1. The molecule has 1 heterocycles. The first-order valence-electron chi connectivity index (χ1n) is 7.94. The van der Waals surface area contributed by atoms with E-state index in [0.717, 1.165) is 16.8 Å². The second-order valence-electron chi connectivity index (χ2n) is 5.76. The number of anilines is 1. The van der Waals surface area contributed by atoms with E-state index in [1.165, 1.54) is 5.01 Å². The van der Waals surface area contributed by atoms with Crippen LogP contribution in [0.3, 0.4) is 0 Å². The van der Waals surface area contributed by atoms with E-state index in [4.69, 9.17) is 9.47 Å². The number of aryl methyl sites for hydroxylation is 1. The minimum Gasteiger partial charge on any atom is -0.493 e. The number of nitrogens with zero attached hydrogens (tertiary/aromatic N) is 2. The zero-order valence-electron chi connectivity index (χ0n) is 14.7. The molecule has 0 bridgehead atoms. The number of ether oxygens (including phenoxy) is 2. The fourth-order valence-corrected chi connectivity index (χ4v) is 2.74. The van der Waals surface area contributed by atoms with Gasteiger partial charge in [0.05, 0.1) is 31.2 Å². The van der Waals surface area contributed by atoms with Crippen molar-refractivity contribution in [3.63, 3.8) is 0 Å². The molecule has 1 amide bonds. The van der Waals surface area contributed by atoms with Crippen LogP contribution < -0.4 is 14.5 Å². The van der Waals surface area contributed by atoms with Gasteiger partial charge in [-0.25, -0.2) is 0 Å². The lowest BCUT2D eigenvalue weighted by Crippen LogP contribution is -2.21. The zero-order valence-corrected chi connectivity index (χ0v) is 14.7. The summed E-state index contributed by atoms with van der Waals surface area (Å²) in [6.45, 7) is 3.80. The molecule has 5 nitrogen and oxygen atoms in total. The lowest BCUT2D eigenvalue weighted by molar-refractivity contribution is -0.114. The summed E-state index contributed by atoms with van der Waals surface area (Å²) in [5.41, 5.74) is 3.89. The number of benzene rings is 2. The smallest absolute Gasteiger partial charge is 0.280 e. The van der Waals surface area contributed by atoms with Gasteiger partial charge in [0.15, 0.2) is 11.5 Å². The number of carbonyl (C=O) groups excluding carboxylic acids is 1. The summed E-state index contributed by atoms with van der Waals surface area (Å²) < 4.78 is 10.7. The maximum absolute atomic E-state index is 12.8. The van der Waals surface area contributed by atoms with Crippen molar-refractivity contribution in [1.29, 1.82) is 0 Å². The maximum Gasteiger partial charge on any atom is 0.280 e. The van der Waals surface area contributed by atoms with Crippen molar-refractivity contribution >= 4 is 23.4 Å². The first kappa shape index (κ1) is 16.8. The summed E-state index contributed by atoms with van der Waals surface area (Å²) in [6.07, 6.45) is 1.85. The summed E-state index contributed by atoms with van der Waals surface area (Å²) in [5, 5.41) is 5.83. The standard InChI is InChI=1S/C20H20N2O3/c1-13-10-18(24-3)19(25-4)12-15(13)11-17-14(2)21-22(20(17)23)16-8-6-5-7-9-16/h5-12H,1-4H3/b17-11+. The van der Waals surface area contributed by atoms with Gasteiger partial charge >= 0.3 is 0 Å². The Kier molecular flexibility index (Phi) is 4.57. The SMILES string of the molecule is COc1cc(C)c(/C=C2/C(=O)N(c3ccccc3)N=C2C)cc1OC. The van der Waals surface area contributed by atoms with Gasteiger partial charge in [0.2, 0.25) is 0 Å². The van der Waals surface area contributed by atoms with E-state index >= 15 is 0 Å². The topological polar surface area (TPSA) is 51.1 Å². The van der Waals surface area contributed by atoms with E-state index in [0.29, 0.717) is 22.8 Å². The normalized spacial score (nSPS) is 15.5. The fraction of sp³-hybridized carbons (Fsp3) is 0.200. The van der Waals surface area contributed by atoms with Crippen LogP contribution in [0.4, 0.5) is 5.69 Å². The Bertz CT molecular complexity index is 870. The van der Waals surface area contributed by atoms with Crippen LogP contribution in [0.1, 0.15) is 18.1 Å². The molecule has 2 aromatic rings. The third-order valence-corrected chi connectivity index (χ3v) is 4.14. The van der Waals surface area contributed by atoms with Gasteiger partial charge in [-0.3, -0.25) is 4.79 Å². The van der Waals surface area contributed by atoms with Gasteiger partial charge in [-0.1, -0.05) is 18.2 Å². The second kappa shape index (κ2) is 6.81. The maximum atomic E-state index is 12.8. The van der Waals surface area contributed by atoms with Crippen molar-refractivity contribution in [1.82, 2.24) is 0 Å². The first-order valence-corrected chi connectivity index (χ1v) is 7.94. The number of para-hydroxylation sites is 1. The van der Waals surface area contributed by atoms with Gasteiger partial charge in [0, 0.05) is 0 Å². The Morgan fingerprint density at radius 3 is 2.28 bits per heavy atom. The number of methoxy groups -OCH3 is 2. The average Bonchev–Trinajstić information content (AvgIpc) is 2.91. The molecular weight excluding hydrogens is 316 g/mol. The number of rotatable bonds is 4. The average molecular weight is 336 g/mol. The highest BCUT2D eigenvalue weighted by Crippen LogP contribution is 2.32. The van der Waals surface area contributed by atoms with E-state index in [1.807, 2.05) is 62.4 Å². The first-order chi connectivity index (χ1) is 12.0. The Morgan fingerprint density at radius 1 is 1.00 bits per heavy atom. The quantitative estimate of drug-likeness (QED) is 0.798. The lowest BCUT2D eigenvalue weighted by Gasteiger charge is -2.12. The van der Waals surface area contributed by atoms with E-state index in [9.17, 15) is 4.79 Å². The van der Waals surface area contributed by atoms with Gasteiger partial charge in [0.1, 0.15) is 0 Å².